The van der Waals surface area contributed by atoms with Crippen LogP contribution in [0.4, 0.5) is 11.6 Å². The van der Waals surface area contributed by atoms with Crippen LogP contribution in [0, 0.1) is 6.92 Å². The van der Waals surface area contributed by atoms with Crippen molar-refractivity contribution < 1.29 is 4.74 Å². The number of methoxy groups -OCH3 is 1. The van der Waals surface area contributed by atoms with Crippen molar-refractivity contribution in [1.29, 1.82) is 0 Å². The minimum atomic E-state index is 0.396. The summed E-state index contributed by atoms with van der Waals surface area (Å²) in [5, 5.41) is 0. The molecular weight excluding hydrogens is 328 g/mol. The molecule has 0 N–H and O–H groups in total. The van der Waals surface area contributed by atoms with E-state index in [1.54, 1.807) is 13.4 Å². The van der Waals surface area contributed by atoms with Gasteiger partial charge in [0.2, 0.25) is 5.88 Å². The van der Waals surface area contributed by atoms with Crippen LogP contribution in [-0.4, -0.2) is 53.2 Å². The van der Waals surface area contributed by atoms with Crippen molar-refractivity contribution in [3.8, 4) is 5.88 Å². The highest BCUT2D eigenvalue weighted by atomic mass is 16.5. The van der Waals surface area contributed by atoms with Crippen LogP contribution in [0.2, 0.25) is 0 Å². The Balaban J connectivity index is 1.55. The number of rotatable bonds is 4. The fourth-order valence-corrected chi connectivity index (χ4v) is 3.93. The van der Waals surface area contributed by atoms with Crippen LogP contribution in [0.15, 0.2) is 18.5 Å². The van der Waals surface area contributed by atoms with Gasteiger partial charge in [-0.05, 0) is 32.6 Å². The molecule has 1 atom stereocenters. The maximum atomic E-state index is 5.24. The molecule has 2 saturated heterocycles. The zero-order valence-corrected chi connectivity index (χ0v) is 15.6. The second kappa shape index (κ2) is 7.43. The standard InChI is InChI=1S/C19H26N6O/c1-14-22-16(10-18(23-14)24-7-3-4-8-24)15-6-5-9-25(12-15)17-11-19(26-2)21-13-20-17/h10-11,13,15H,3-9,12H2,1-2H3. The predicted octanol–water partition coefficient (Wildman–Crippen LogP) is 2.57. The lowest BCUT2D eigenvalue weighted by Crippen LogP contribution is -2.35. The molecule has 7 heteroatoms. The summed E-state index contributed by atoms with van der Waals surface area (Å²) in [6.07, 6.45) is 6.35. The highest BCUT2D eigenvalue weighted by Gasteiger charge is 2.25. The van der Waals surface area contributed by atoms with Crippen molar-refractivity contribution in [2.45, 2.75) is 38.5 Å². The molecule has 2 aromatic heterocycles. The maximum Gasteiger partial charge on any atom is 0.218 e. The molecule has 26 heavy (non-hydrogen) atoms. The minimum absolute atomic E-state index is 0.396. The van der Waals surface area contributed by atoms with Gasteiger partial charge in [0, 0.05) is 44.2 Å². The van der Waals surface area contributed by atoms with Gasteiger partial charge < -0.3 is 14.5 Å². The van der Waals surface area contributed by atoms with Crippen LogP contribution >= 0.6 is 0 Å². The van der Waals surface area contributed by atoms with Crippen molar-refractivity contribution in [1.82, 2.24) is 19.9 Å². The SMILES string of the molecule is COc1cc(N2CCCC(c3cc(N4CCCC4)nc(C)n3)C2)ncn1. The van der Waals surface area contributed by atoms with E-state index in [2.05, 4.69) is 30.8 Å². The summed E-state index contributed by atoms with van der Waals surface area (Å²) < 4.78 is 5.24. The number of piperidine rings is 1. The first-order valence-electron chi connectivity index (χ1n) is 9.44. The molecule has 0 amide bonds. The van der Waals surface area contributed by atoms with Crippen LogP contribution in [0.25, 0.3) is 0 Å². The van der Waals surface area contributed by atoms with Gasteiger partial charge in [-0.3, -0.25) is 0 Å². The van der Waals surface area contributed by atoms with Gasteiger partial charge in [0.1, 0.15) is 23.8 Å². The molecule has 1 unspecified atom stereocenters. The molecule has 0 radical (unpaired) electrons. The van der Waals surface area contributed by atoms with Gasteiger partial charge in [-0.25, -0.2) is 19.9 Å². The average Bonchev–Trinajstić information content (AvgIpc) is 3.23. The molecule has 0 bridgehead atoms. The fourth-order valence-electron chi connectivity index (χ4n) is 3.93. The normalized spacial score (nSPS) is 20.5. The molecule has 2 aromatic rings. The molecule has 2 aliphatic rings. The molecule has 138 valence electrons. The number of anilines is 2. The van der Waals surface area contributed by atoms with Crippen molar-refractivity contribution in [2.75, 3.05) is 43.1 Å². The molecule has 2 aliphatic heterocycles. The van der Waals surface area contributed by atoms with E-state index in [0.717, 1.165) is 62.2 Å². The molecular formula is C19H26N6O. The number of ether oxygens (including phenoxy) is 1. The van der Waals surface area contributed by atoms with E-state index in [4.69, 9.17) is 9.72 Å². The Hall–Kier alpha value is -2.44. The second-order valence-electron chi connectivity index (χ2n) is 7.10. The van der Waals surface area contributed by atoms with E-state index in [1.807, 2.05) is 13.0 Å². The van der Waals surface area contributed by atoms with Crippen LogP contribution in [0.3, 0.4) is 0 Å². The van der Waals surface area contributed by atoms with Crippen LogP contribution in [0.5, 0.6) is 5.88 Å². The number of aryl methyl sites for hydroxylation is 1. The summed E-state index contributed by atoms with van der Waals surface area (Å²) in [6, 6.07) is 4.11. The molecule has 4 heterocycles. The molecule has 0 aromatic carbocycles. The van der Waals surface area contributed by atoms with Crippen molar-refractivity contribution in [3.05, 3.63) is 30.0 Å². The van der Waals surface area contributed by atoms with Crippen molar-refractivity contribution in [2.24, 2.45) is 0 Å². The minimum Gasteiger partial charge on any atom is -0.481 e. The van der Waals surface area contributed by atoms with Gasteiger partial charge >= 0.3 is 0 Å². The van der Waals surface area contributed by atoms with Crippen molar-refractivity contribution >= 4 is 11.6 Å². The third-order valence-electron chi connectivity index (χ3n) is 5.27. The first kappa shape index (κ1) is 17.0. The molecule has 0 aliphatic carbocycles. The average molecular weight is 354 g/mol. The van der Waals surface area contributed by atoms with Gasteiger partial charge in [-0.15, -0.1) is 0 Å². The molecule has 2 fully saturated rings. The monoisotopic (exact) mass is 354 g/mol. The van der Waals surface area contributed by atoms with E-state index < -0.39 is 0 Å². The first-order chi connectivity index (χ1) is 12.7. The lowest BCUT2D eigenvalue weighted by atomic mass is 9.94. The largest absolute Gasteiger partial charge is 0.481 e. The van der Waals surface area contributed by atoms with Gasteiger partial charge in [0.05, 0.1) is 12.8 Å². The van der Waals surface area contributed by atoms with Gasteiger partial charge in [0.25, 0.3) is 0 Å². The van der Waals surface area contributed by atoms with Crippen molar-refractivity contribution in [3.63, 3.8) is 0 Å². The molecule has 7 nitrogen and oxygen atoms in total. The quantitative estimate of drug-likeness (QED) is 0.836. The summed E-state index contributed by atoms with van der Waals surface area (Å²) in [5.41, 5.74) is 1.16. The Bertz CT molecular complexity index is 761. The predicted molar refractivity (Wildman–Crippen MR) is 101 cm³/mol. The summed E-state index contributed by atoms with van der Waals surface area (Å²) >= 11 is 0. The van der Waals surface area contributed by atoms with E-state index >= 15 is 0 Å². The number of aromatic nitrogens is 4. The number of nitrogens with zero attached hydrogens (tertiary/aromatic N) is 6. The summed E-state index contributed by atoms with van der Waals surface area (Å²) in [6.45, 7) is 6.12. The van der Waals surface area contributed by atoms with Gasteiger partial charge in [0.15, 0.2) is 0 Å². The van der Waals surface area contributed by atoms with Gasteiger partial charge in [-0.1, -0.05) is 0 Å². The molecule has 0 saturated carbocycles. The highest BCUT2D eigenvalue weighted by molar-refractivity contribution is 5.44. The maximum absolute atomic E-state index is 5.24. The van der Waals surface area contributed by atoms with E-state index in [9.17, 15) is 0 Å². The Morgan fingerprint density at radius 1 is 0.962 bits per heavy atom. The van der Waals surface area contributed by atoms with Gasteiger partial charge in [-0.2, -0.15) is 0 Å². The summed E-state index contributed by atoms with van der Waals surface area (Å²) in [4.78, 5) is 22.7. The fraction of sp³-hybridized carbons (Fsp3) is 0.579. The Labute approximate surface area is 154 Å². The Kier molecular flexibility index (Phi) is 4.86. The molecule has 4 rings (SSSR count). The lowest BCUT2D eigenvalue weighted by molar-refractivity contribution is 0.396. The summed E-state index contributed by atoms with van der Waals surface area (Å²) in [7, 11) is 1.63. The third kappa shape index (κ3) is 3.57. The van der Waals surface area contributed by atoms with E-state index in [-0.39, 0.29) is 0 Å². The zero-order valence-electron chi connectivity index (χ0n) is 15.6. The van der Waals surface area contributed by atoms with Crippen LogP contribution in [0.1, 0.15) is 43.1 Å². The lowest BCUT2D eigenvalue weighted by Gasteiger charge is -2.33. The number of hydrogen-bond acceptors (Lipinski definition) is 7. The van der Waals surface area contributed by atoms with Crippen LogP contribution in [-0.2, 0) is 0 Å². The Morgan fingerprint density at radius 2 is 1.77 bits per heavy atom. The summed E-state index contributed by atoms with van der Waals surface area (Å²) in [5.74, 6) is 3.88. The molecule has 0 spiro atoms. The third-order valence-corrected chi connectivity index (χ3v) is 5.27. The van der Waals surface area contributed by atoms with E-state index in [0.29, 0.717) is 11.8 Å². The first-order valence-corrected chi connectivity index (χ1v) is 9.44. The zero-order chi connectivity index (χ0) is 17.9. The second-order valence-corrected chi connectivity index (χ2v) is 7.10. The van der Waals surface area contributed by atoms with Crippen LogP contribution < -0.4 is 14.5 Å². The smallest absolute Gasteiger partial charge is 0.218 e. The highest BCUT2D eigenvalue weighted by Crippen LogP contribution is 2.31. The number of hydrogen-bond donors (Lipinski definition) is 0. The van der Waals surface area contributed by atoms with E-state index in [1.165, 1.54) is 12.8 Å². The Morgan fingerprint density at radius 3 is 2.58 bits per heavy atom. The topological polar surface area (TPSA) is 67.3 Å².